The Hall–Kier alpha value is -1.56. The Morgan fingerprint density at radius 2 is 1.86 bits per heavy atom. The highest BCUT2D eigenvalue weighted by Gasteiger charge is 2.35. The summed E-state index contributed by atoms with van der Waals surface area (Å²) in [6, 6.07) is 1.65. The molecule has 21 heavy (non-hydrogen) atoms. The zero-order chi connectivity index (χ0) is 15.0. The Morgan fingerprint density at radius 3 is 2.38 bits per heavy atom. The molecular formula is C15H16F3NO2. The van der Waals surface area contributed by atoms with Crippen molar-refractivity contribution in [3.8, 4) is 0 Å². The van der Waals surface area contributed by atoms with E-state index in [-0.39, 0.29) is 17.5 Å². The van der Waals surface area contributed by atoms with Gasteiger partial charge in [-0.1, -0.05) is 0 Å². The van der Waals surface area contributed by atoms with Crippen molar-refractivity contribution < 1.29 is 22.7 Å². The van der Waals surface area contributed by atoms with Crippen LogP contribution in [0.1, 0.15) is 29.6 Å². The second kappa shape index (κ2) is 5.67. The Morgan fingerprint density at radius 1 is 1.19 bits per heavy atom. The van der Waals surface area contributed by atoms with Gasteiger partial charge >= 0.3 is 0 Å². The molecule has 1 aromatic rings. The van der Waals surface area contributed by atoms with E-state index in [0.717, 1.165) is 31.4 Å². The Kier molecular flexibility index (Phi) is 3.89. The number of hydrogen-bond acceptors (Lipinski definition) is 2. The van der Waals surface area contributed by atoms with Gasteiger partial charge in [-0.05, 0) is 31.4 Å². The summed E-state index contributed by atoms with van der Waals surface area (Å²) in [7, 11) is 0. The van der Waals surface area contributed by atoms with Crippen molar-refractivity contribution >= 4 is 5.91 Å². The molecular weight excluding hydrogens is 283 g/mol. The van der Waals surface area contributed by atoms with Crippen LogP contribution in [0.5, 0.6) is 0 Å². The zero-order valence-corrected chi connectivity index (χ0v) is 11.4. The molecule has 114 valence electrons. The van der Waals surface area contributed by atoms with Gasteiger partial charge in [0.2, 0.25) is 0 Å². The van der Waals surface area contributed by atoms with Crippen LogP contribution in [-0.2, 0) is 4.74 Å². The molecule has 0 bridgehead atoms. The minimum Gasteiger partial charge on any atom is -0.381 e. The molecule has 1 heterocycles. The Labute approximate surface area is 120 Å². The quantitative estimate of drug-likeness (QED) is 0.800. The number of halogens is 3. The van der Waals surface area contributed by atoms with E-state index in [1.54, 1.807) is 4.90 Å². The van der Waals surface area contributed by atoms with Crippen LogP contribution in [0.3, 0.4) is 0 Å². The molecule has 3 nitrogen and oxygen atoms in total. The topological polar surface area (TPSA) is 29.5 Å². The second-order valence-electron chi connectivity index (χ2n) is 5.67. The van der Waals surface area contributed by atoms with Crippen LogP contribution in [0.15, 0.2) is 12.1 Å². The van der Waals surface area contributed by atoms with E-state index in [2.05, 4.69) is 0 Å². The molecule has 1 atom stereocenters. The first-order valence-corrected chi connectivity index (χ1v) is 7.09. The van der Waals surface area contributed by atoms with Crippen LogP contribution in [0.4, 0.5) is 13.2 Å². The number of hydrogen-bond donors (Lipinski definition) is 0. The normalized spacial score (nSPS) is 21.6. The lowest BCUT2D eigenvalue weighted by Gasteiger charge is -2.25. The summed E-state index contributed by atoms with van der Waals surface area (Å²) >= 11 is 0. The lowest BCUT2D eigenvalue weighted by Crippen LogP contribution is -2.37. The summed E-state index contributed by atoms with van der Waals surface area (Å²) in [5.41, 5.74) is -0.141. The van der Waals surface area contributed by atoms with Crippen LogP contribution >= 0.6 is 0 Å². The van der Waals surface area contributed by atoms with Crippen molar-refractivity contribution in [1.29, 1.82) is 0 Å². The van der Waals surface area contributed by atoms with Gasteiger partial charge in [0.25, 0.3) is 5.91 Å². The van der Waals surface area contributed by atoms with Crippen molar-refractivity contribution in [2.45, 2.75) is 25.3 Å². The fourth-order valence-corrected chi connectivity index (χ4v) is 2.63. The lowest BCUT2D eigenvalue weighted by molar-refractivity contribution is 0.0705. The minimum atomic E-state index is -1.55. The molecule has 2 aliphatic rings. The van der Waals surface area contributed by atoms with E-state index >= 15 is 0 Å². The lowest BCUT2D eigenvalue weighted by atomic mass is 10.1. The summed E-state index contributed by atoms with van der Waals surface area (Å²) < 4.78 is 44.8. The average molecular weight is 299 g/mol. The van der Waals surface area contributed by atoms with Gasteiger partial charge in [0.15, 0.2) is 17.5 Å². The predicted octanol–water partition coefficient (Wildman–Crippen LogP) is 2.75. The maximum Gasteiger partial charge on any atom is 0.254 e. The highest BCUT2D eigenvalue weighted by Crippen LogP contribution is 2.30. The molecule has 1 saturated carbocycles. The smallest absolute Gasteiger partial charge is 0.254 e. The first-order chi connectivity index (χ1) is 10.1. The van der Waals surface area contributed by atoms with Crippen LogP contribution in [0.2, 0.25) is 0 Å². The minimum absolute atomic E-state index is 0.120. The summed E-state index contributed by atoms with van der Waals surface area (Å²) in [5.74, 6) is -4.41. The van der Waals surface area contributed by atoms with Crippen molar-refractivity contribution in [1.82, 2.24) is 4.90 Å². The van der Waals surface area contributed by atoms with E-state index in [4.69, 9.17) is 4.74 Å². The molecule has 1 aliphatic carbocycles. The van der Waals surface area contributed by atoms with Gasteiger partial charge in [0.1, 0.15) is 0 Å². The first kappa shape index (κ1) is 14.4. The summed E-state index contributed by atoms with van der Waals surface area (Å²) in [6.45, 7) is 1.80. The molecule has 0 N–H and O–H groups in total. The number of amides is 1. The third kappa shape index (κ3) is 3.05. The van der Waals surface area contributed by atoms with Gasteiger partial charge in [-0.3, -0.25) is 4.79 Å². The van der Waals surface area contributed by atoms with E-state index in [1.807, 2.05) is 0 Å². The fraction of sp³-hybridized carbons (Fsp3) is 0.533. The Bertz CT molecular complexity index is 531. The maximum absolute atomic E-state index is 13.3. The summed E-state index contributed by atoms with van der Waals surface area (Å²) in [4.78, 5) is 14.1. The molecule has 1 aliphatic heterocycles. The van der Waals surface area contributed by atoms with Gasteiger partial charge < -0.3 is 9.64 Å². The van der Waals surface area contributed by atoms with E-state index in [1.165, 1.54) is 0 Å². The maximum atomic E-state index is 13.3. The summed E-state index contributed by atoms with van der Waals surface area (Å²) in [5, 5.41) is 0. The van der Waals surface area contributed by atoms with E-state index in [9.17, 15) is 18.0 Å². The third-order valence-corrected chi connectivity index (χ3v) is 3.96. The number of benzene rings is 1. The monoisotopic (exact) mass is 299 g/mol. The second-order valence-corrected chi connectivity index (χ2v) is 5.67. The molecule has 1 saturated heterocycles. The van der Waals surface area contributed by atoms with Gasteiger partial charge in [0, 0.05) is 30.7 Å². The molecule has 2 fully saturated rings. The molecule has 0 spiro atoms. The number of carbonyl (C=O) groups is 1. The average Bonchev–Trinajstić information content (AvgIpc) is 3.17. The number of ether oxygens (including phenoxy) is 1. The highest BCUT2D eigenvalue weighted by atomic mass is 19.2. The summed E-state index contributed by atoms with van der Waals surface area (Å²) in [6.07, 6.45) is 2.67. The van der Waals surface area contributed by atoms with Gasteiger partial charge in [-0.2, -0.15) is 0 Å². The molecule has 6 heteroatoms. The van der Waals surface area contributed by atoms with Crippen LogP contribution in [0.25, 0.3) is 0 Å². The van der Waals surface area contributed by atoms with Crippen LogP contribution in [0, 0.1) is 23.4 Å². The van der Waals surface area contributed by atoms with Gasteiger partial charge in [-0.25, -0.2) is 13.2 Å². The predicted molar refractivity (Wildman–Crippen MR) is 69.3 cm³/mol. The molecule has 1 unspecified atom stereocenters. The van der Waals surface area contributed by atoms with Crippen LogP contribution in [-0.4, -0.2) is 36.6 Å². The zero-order valence-electron chi connectivity index (χ0n) is 11.4. The third-order valence-electron chi connectivity index (χ3n) is 3.96. The number of nitrogens with zero attached hydrogens (tertiary/aromatic N) is 1. The number of carbonyl (C=O) groups excluding carboxylic acids is 1. The molecule has 0 radical (unpaired) electrons. The largest absolute Gasteiger partial charge is 0.381 e. The standard InChI is InChI=1S/C15H16F3NO2/c16-12-5-10(6-13(17)14(12)18)15(20)19(11-1-2-11)7-9-3-4-21-8-9/h5-6,9,11H,1-4,7-8H2. The van der Waals surface area contributed by atoms with Crippen molar-refractivity contribution in [2.24, 2.45) is 5.92 Å². The first-order valence-electron chi connectivity index (χ1n) is 7.09. The highest BCUT2D eigenvalue weighted by molar-refractivity contribution is 5.94. The Balaban J connectivity index is 1.80. The molecule has 1 aromatic carbocycles. The van der Waals surface area contributed by atoms with E-state index < -0.39 is 23.4 Å². The van der Waals surface area contributed by atoms with Crippen molar-refractivity contribution in [3.05, 3.63) is 35.1 Å². The van der Waals surface area contributed by atoms with Crippen molar-refractivity contribution in [3.63, 3.8) is 0 Å². The van der Waals surface area contributed by atoms with Gasteiger partial charge in [-0.15, -0.1) is 0 Å². The van der Waals surface area contributed by atoms with Crippen LogP contribution < -0.4 is 0 Å². The molecule has 3 rings (SSSR count). The fourth-order valence-electron chi connectivity index (χ4n) is 2.63. The molecule has 0 aromatic heterocycles. The van der Waals surface area contributed by atoms with Crippen molar-refractivity contribution in [2.75, 3.05) is 19.8 Å². The van der Waals surface area contributed by atoms with E-state index in [0.29, 0.717) is 19.8 Å². The molecule has 1 amide bonds. The SMILES string of the molecule is O=C(c1cc(F)c(F)c(F)c1)N(CC1CCOC1)C1CC1. The number of rotatable bonds is 4. The van der Waals surface area contributed by atoms with Gasteiger partial charge in [0.05, 0.1) is 6.61 Å².